The molecule has 1 N–H and O–H groups in total. The van der Waals surface area contributed by atoms with Crippen molar-refractivity contribution in [2.24, 2.45) is 0 Å². The summed E-state index contributed by atoms with van der Waals surface area (Å²) < 4.78 is 62.4. The topological polar surface area (TPSA) is 33.1 Å². The molecule has 0 unspecified atom stereocenters. The summed E-state index contributed by atoms with van der Waals surface area (Å²) in [5, 5.41) is 8.71. The standard InChI is InChI=1S/C9H8F5NO/c1-4-2-5(8(10)11)7(9(12,13)14)6(3-16)15-4/h2,8,16H,3H2,1H3. The predicted octanol–water partition coefficient (Wildman–Crippen LogP) is 2.84. The fraction of sp³-hybridized carbons (Fsp3) is 0.444. The first-order valence-electron chi connectivity index (χ1n) is 4.24. The quantitative estimate of drug-likeness (QED) is 0.807. The van der Waals surface area contributed by atoms with Crippen molar-refractivity contribution in [2.45, 2.75) is 26.1 Å². The Balaban J connectivity index is 3.52. The fourth-order valence-corrected chi connectivity index (χ4v) is 1.38. The number of nitrogens with zero attached hydrogens (tertiary/aromatic N) is 1. The van der Waals surface area contributed by atoms with E-state index in [4.69, 9.17) is 5.11 Å². The summed E-state index contributed by atoms with van der Waals surface area (Å²) in [7, 11) is 0. The number of pyridine rings is 1. The number of aliphatic hydroxyl groups is 1. The van der Waals surface area contributed by atoms with Gasteiger partial charge >= 0.3 is 6.18 Å². The SMILES string of the molecule is Cc1cc(C(F)F)c(C(F)(F)F)c(CO)n1. The molecule has 1 heterocycles. The maximum Gasteiger partial charge on any atom is 0.418 e. The monoisotopic (exact) mass is 241 g/mol. The van der Waals surface area contributed by atoms with E-state index in [-0.39, 0.29) is 5.69 Å². The Morgan fingerprint density at radius 3 is 2.31 bits per heavy atom. The number of aromatic nitrogens is 1. The van der Waals surface area contributed by atoms with Crippen LogP contribution in [0.5, 0.6) is 0 Å². The van der Waals surface area contributed by atoms with E-state index in [9.17, 15) is 22.0 Å². The van der Waals surface area contributed by atoms with E-state index in [2.05, 4.69) is 4.98 Å². The third-order valence-corrected chi connectivity index (χ3v) is 1.92. The van der Waals surface area contributed by atoms with Gasteiger partial charge in [-0.05, 0) is 13.0 Å². The Morgan fingerprint density at radius 1 is 1.38 bits per heavy atom. The zero-order valence-corrected chi connectivity index (χ0v) is 8.15. The molecule has 2 nitrogen and oxygen atoms in total. The molecule has 1 aromatic heterocycles. The minimum Gasteiger partial charge on any atom is -0.390 e. The zero-order valence-electron chi connectivity index (χ0n) is 8.15. The summed E-state index contributed by atoms with van der Waals surface area (Å²) in [5.74, 6) is 0. The molecule has 0 spiro atoms. The average molecular weight is 241 g/mol. The summed E-state index contributed by atoms with van der Waals surface area (Å²) in [4.78, 5) is 3.40. The largest absolute Gasteiger partial charge is 0.418 e. The minimum atomic E-state index is -4.95. The number of hydrogen-bond acceptors (Lipinski definition) is 2. The van der Waals surface area contributed by atoms with E-state index in [1.807, 2.05) is 0 Å². The lowest BCUT2D eigenvalue weighted by Crippen LogP contribution is -2.15. The first kappa shape index (κ1) is 12.8. The highest BCUT2D eigenvalue weighted by molar-refractivity contribution is 5.35. The van der Waals surface area contributed by atoms with Gasteiger partial charge in [0.2, 0.25) is 0 Å². The molecule has 0 bridgehead atoms. The smallest absolute Gasteiger partial charge is 0.390 e. The molecule has 16 heavy (non-hydrogen) atoms. The fourth-order valence-electron chi connectivity index (χ4n) is 1.38. The van der Waals surface area contributed by atoms with Crippen LogP contribution in [0.15, 0.2) is 6.07 Å². The van der Waals surface area contributed by atoms with Crippen LogP contribution in [0, 0.1) is 6.92 Å². The summed E-state index contributed by atoms with van der Waals surface area (Å²) in [5.41, 5.74) is -3.46. The number of aliphatic hydroxyl groups excluding tert-OH is 1. The van der Waals surface area contributed by atoms with Gasteiger partial charge < -0.3 is 5.11 Å². The van der Waals surface area contributed by atoms with E-state index in [0.29, 0.717) is 6.07 Å². The van der Waals surface area contributed by atoms with E-state index >= 15 is 0 Å². The second-order valence-corrected chi connectivity index (χ2v) is 3.13. The van der Waals surface area contributed by atoms with Gasteiger partial charge in [-0.15, -0.1) is 0 Å². The predicted molar refractivity (Wildman–Crippen MR) is 44.9 cm³/mol. The number of halogens is 5. The Labute approximate surface area is 87.7 Å². The van der Waals surface area contributed by atoms with Crippen molar-refractivity contribution in [3.63, 3.8) is 0 Å². The van der Waals surface area contributed by atoms with Gasteiger partial charge in [0.05, 0.1) is 17.9 Å². The summed E-state index contributed by atoms with van der Waals surface area (Å²) in [6.07, 6.45) is -8.21. The van der Waals surface area contributed by atoms with E-state index < -0.39 is 36.0 Å². The van der Waals surface area contributed by atoms with Crippen molar-refractivity contribution in [1.29, 1.82) is 0 Å². The molecule has 0 radical (unpaired) electrons. The Morgan fingerprint density at radius 2 is 1.94 bits per heavy atom. The van der Waals surface area contributed by atoms with Crippen molar-refractivity contribution in [2.75, 3.05) is 0 Å². The highest BCUT2D eigenvalue weighted by Crippen LogP contribution is 2.38. The molecule has 90 valence electrons. The van der Waals surface area contributed by atoms with Crippen LogP contribution in [0.3, 0.4) is 0 Å². The molecule has 0 atom stereocenters. The lowest BCUT2D eigenvalue weighted by molar-refractivity contribution is -0.141. The van der Waals surface area contributed by atoms with Gasteiger partial charge in [-0.25, -0.2) is 8.78 Å². The highest BCUT2D eigenvalue weighted by atomic mass is 19.4. The molecule has 0 aromatic carbocycles. The second-order valence-electron chi connectivity index (χ2n) is 3.13. The van der Waals surface area contributed by atoms with Crippen LogP contribution < -0.4 is 0 Å². The molecule has 0 fully saturated rings. The molecule has 0 aliphatic rings. The zero-order chi connectivity index (χ0) is 12.5. The van der Waals surface area contributed by atoms with E-state index in [0.717, 1.165) is 0 Å². The third kappa shape index (κ3) is 2.46. The molecule has 0 aliphatic carbocycles. The van der Waals surface area contributed by atoms with Crippen molar-refractivity contribution < 1.29 is 27.1 Å². The minimum absolute atomic E-state index is 0.00681. The molecule has 1 rings (SSSR count). The van der Waals surface area contributed by atoms with Crippen LogP contribution >= 0.6 is 0 Å². The second kappa shape index (κ2) is 4.32. The molecule has 7 heteroatoms. The Kier molecular flexibility index (Phi) is 3.47. The summed E-state index contributed by atoms with van der Waals surface area (Å²) in [6.45, 7) is 0.251. The maximum atomic E-state index is 12.5. The molecule has 0 amide bonds. The molecule has 1 aromatic rings. The first-order chi connectivity index (χ1) is 7.27. The Bertz CT molecular complexity index is 388. The highest BCUT2D eigenvalue weighted by Gasteiger charge is 2.39. The third-order valence-electron chi connectivity index (χ3n) is 1.92. The van der Waals surface area contributed by atoms with Crippen LogP contribution in [0.2, 0.25) is 0 Å². The van der Waals surface area contributed by atoms with E-state index in [1.165, 1.54) is 6.92 Å². The van der Waals surface area contributed by atoms with Crippen LogP contribution in [0.25, 0.3) is 0 Å². The van der Waals surface area contributed by atoms with Crippen LogP contribution in [-0.4, -0.2) is 10.1 Å². The van der Waals surface area contributed by atoms with Crippen molar-refractivity contribution >= 4 is 0 Å². The average Bonchev–Trinajstić information content (AvgIpc) is 2.14. The van der Waals surface area contributed by atoms with Crippen molar-refractivity contribution in [3.8, 4) is 0 Å². The van der Waals surface area contributed by atoms with Crippen LogP contribution in [0.4, 0.5) is 22.0 Å². The van der Waals surface area contributed by atoms with Gasteiger partial charge in [0.15, 0.2) is 0 Å². The normalized spacial score (nSPS) is 12.2. The number of rotatable bonds is 2. The van der Waals surface area contributed by atoms with Crippen LogP contribution in [-0.2, 0) is 12.8 Å². The molecule has 0 saturated carbocycles. The van der Waals surface area contributed by atoms with Gasteiger partial charge in [0, 0.05) is 11.3 Å². The first-order valence-corrected chi connectivity index (χ1v) is 4.24. The van der Waals surface area contributed by atoms with Crippen molar-refractivity contribution in [3.05, 3.63) is 28.6 Å². The van der Waals surface area contributed by atoms with Crippen molar-refractivity contribution in [1.82, 2.24) is 4.98 Å². The molecular weight excluding hydrogens is 233 g/mol. The Hall–Kier alpha value is -1.24. The van der Waals surface area contributed by atoms with E-state index in [1.54, 1.807) is 0 Å². The van der Waals surface area contributed by atoms with Gasteiger partial charge in [-0.3, -0.25) is 4.98 Å². The summed E-state index contributed by atoms with van der Waals surface area (Å²) in [6, 6.07) is 0.673. The summed E-state index contributed by atoms with van der Waals surface area (Å²) >= 11 is 0. The lowest BCUT2D eigenvalue weighted by atomic mass is 10.0. The number of aryl methyl sites for hydroxylation is 1. The van der Waals surface area contributed by atoms with Gasteiger partial charge in [-0.1, -0.05) is 0 Å². The van der Waals surface area contributed by atoms with Gasteiger partial charge in [0.25, 0.3) is 6.43 Å². The number of hydrogen-bond donors (Lipinski definition) is 1. The number of alkyl halides is 5. The van der Waals surface area contributed by atoms with Gasteiger partial charge in [0.1, 0.15) is 0 Å². The maximum absolute atomic E-state index is 12.5. The molecular formula is C9H8F5NO. The van der Waals surface area contributed by atoms with Gasteiger partial charge in [-0.2, -0.15) is 13.2 Å². The molecule has 0 saturated heterocycles. The van der Waals surface area contributed by atoms with Crippen LogP contribution in [0.1, 0.15) is 28.9 Å². The lowest BCUT2D eigenvalue weighted by Gasteiger charge is -2.16. The molecule has 0 aliphatic heterocycles.